The van der Waals surface area contributed by atoms with Crippen molar-refractivity contribution in [1.82, 2.24) is 9.88 Å². The SMILES string of the molecule is COc1ccc2ncc(Cl)c(C(F)CCC3CCN(CCSC4CCCC4)CC3CC(=O)O)c2c1. The van der Waals surface area contributed by atoms with Crippen LogP contribution in [0.15, 0.2) is 24.4 Å². The van der Waals surface area contributed by atoms with Gasteiger partial charge in [0.25, 0.3) is 0 Å². The van der Waals surface area contributed by atoms with E-state index in [4.69, 9.17) is 16.3 Å². The highest BCUT2D eigenvalue weighted by Crippen LogP contribution is 2.39. The largest absolute Gasteiger partial charge is 0.497 e. The second-order valence-electron chi connectivity index (χ2n) is 9.93. The molecule has 35 heavy (non-hydrogen) atoms. The van der Waals surface area contributed by atoms with Gasteiger partial charge in [-0.2, -0.15) is 11.8 Å². The zero-order chi connectivity index (χ0) is 24.8. The quantitative estimate of drug-likeness (QED) is 0.351. The predicted octanol–water partition coefficient (Wildman–Crippen LogP) is 6.78. The van der Waals surface area contributed by atoms with Crippen molar-refractivity contribution in [2.24, 2.45) is 11.8 Å². The molecule has 0 amide bonds. The fourth-order valence-corrected chi connectivity index (χ4v) is 7.35. The average molecular weight is 523 g/mol. The fourth-order valence-electron chi connectivity index (χ4n) is 5.72. The number of halogens is 2. The molecule has 3 unspecified atom stereocenters. The summed E-state index contributed by atoms with van der Waals surface area (Å²) in [4.78, 5) is 18.3. The summed E-state index contributed by atoms with van der Waals surface area (Å²) < 4.78 is 20.9. The molecule has 4 rings (SSSR count). The average Bonchev–Trinajstić information content (AvgIpc) is 3.36. The Kier molecular flexibility index (Phi) is 9.53. The Hall–Kier alpha value is -1.57. The zero-order valence-corrected chi connectivity index (χ0v) is 22.0. The number of thioether (sulfide) groups is 1. The highest BCUT2D eigenvalue weighted by Gasteiger charge is 2.32. The molecule has 1 aromatic carbocycles. The Morgan fingerprint density at radius 1 is 1.31 bits per heavy atom. The number of benzene rings is 1. The lowest BCUT2D eigenvalue weighted by molar-refractivity contribution is -0.139. The van der Waals surface area contributed by atoms with Crippen molar-refractivity contribution < 1.29 is 19.0 Å². The highest BCUT2D eigenvalue weighted by molar-refractivity contribution is 7.99. The smallest absolute Gasteiger partial charge is 0.303 e. The lowest BCUT2D eigenvalue weighted by Gasteiger charge is -2.38. The summed E-state index contributed by atoms with van der Waals surface area (Å²) in [6, 6.07) is 5.40. The van der Waals surface area contributed by atoms with Gasteiger partial charge in [-0.1, -0.05) is 24.4 Å². The van der Waals surface area contributed by atoms with Gasteiger partial charge in [-0.25, -0.2) is 4.39 Å². The van der Waals surface area contributed by atoms with Gasteiger partial charge in [0, 0.05) is 47.7 Å². The minimum atomic E-state index is -1.24. The van der Waals surface area contributed by atoms with Crippen molar-refractivity contribution in [2.45, 2.75) is 62.8 Å². The minimum Gasteiger partial charge on any atom is -0.497 e. The molecule has 1 saturated carbocycles. The summed E-state index contributed by atoms with van der Waals surface area (Å²) in [6.45, 7) is 2.75. The highest BCUT2D eigenvalue weighted by atomic mass is 35.5. The molecule has 2 aliphatic rings. The van der Waals surface area contributed by atoms with Crippen LogP contribution in [0, 0.1) is 11.8 Å². The Morgan fingerprint density at radius 2 is 2.11 bits per heavy atom. The molecule has 5 nitrogen and oxygen atoms in total. The first-order valence-electron chi connectivity index (χ1n) is 12.8. The van der Waals surface area contributed by atoms with E-state index in [-0.39, 0.29) is 18.3 Å². The molecule has 1 aliphatic carbocycles. The molecule has 1 aliphatic heterocycles. The molecule has 0 radical (unpaired) electrons. The summed E-state index contributed by atoms with van der Waals surface area (Å²) in [5, 5.41) is 11.3. The van der Waals surface area contributed by atoms with Crippen molar-refractivity contribution in [3.8, 4) is 5.75 Å². The number of alkyl halides is 1. The number of carboxylic acids is 1. The van der Waals surface area contributed by atoms with Gasteiger partial charge in [-0.15, -0.1) is 0 Å². The van der Waals surface area contributed by atoms with Crippen LogP contribution < -0.4 is 4.74 Å². The standard InChI is InChI=1S/C27H36ClFN2O3S/c1-34-20-7-9-25-22(15-20)27(23(28)16-30-25)24(29)8-6-18-10-11-31(17-19(18)14-26(32)33)12-13-35-21-4-2-3-5-21/h7,9,15-16,18-19,21,24H,2-6,8,10-14,17H2,1H3,(H,32,33). The number of carboxylic acid groups (broad SMARTS) is 1. The van der Waals surface area contributed by atoms with E-state index in [2.05, 4.69) is 21.6 Å². The number of aliphatic carboxylic acids is 1. The number of fused-ring (bicyclic) bond motifs is 1. The maximum absolute atomic E-state index is 15.6. The molecule has 2 fully saturated rings. The number of hydrogen-bond donors (Lipinski definition) is 1. The van der Waals surface area contributed by atoms with Crippen molar-refractivity contribution in [1.29, 1.82) is 0 Å². The van der Waals surface area contributed by atoms with Crippen LogP contribution in [0.1, 0.15) is 63.1 Å². The Bertz CT molecular complexity index is 1000. The number of methoxy groups -OCH3 is 1. The van der Waals surface area contributed by atoms with Crippen molar-refractivity contribution in [3.05, 3.63) is 35.0 Å². The number of nitrogens with zero attached hydrogens (tertiary/aromatic N) is 2. The third-order valence-electron chi connectivity index (χ3n) is 7.65. The van der Waals surface area contributed by atoms with Crippen LogP contribution in [0.5, 0.6) is 5.75 Å². The van der Waals surface area contributed by atoms with E-state index in [1.807, 2.05) is 6.07 Å². The Labute approximate surface area is 216 Å². The number of aromatic nitrogens is 1. The maximum Gasteiger partial charge on any atom is 0.303 e. The third kappa shape index (κ3) is 7.01. The number of likely N-dealkylation sites (tertiary alicyclic amines) is 1. The molecule has 2 heterocycles. The van der Waals surface area contributed by atoms with Gasteiger partial charge in [0.1, 0.15) is 11.9 Å². The van der Waals surface area contributed by atoms with E-state index in [9.17, 15) is 9.90 Å². The first-order chi connectivity index (χ1) is 16.9. The zero-order valence-electron chi connectivity index (χ0n) is 20.4. The lowest BCUT2D eigenvalue weighted by Crippen LogP contribution is -2.42. The monoisotopic (exact) mass is 522 g/mol. The van der Waals surface area contributed by atoms with Gasteiger partial charge < -0.3 is 14.7 Å². The molecule has 192 valence electrons. The van der Waals surface area contributed by atoms with Crippen LogP contribution >= 0.6 is 23.4 Å². The van der Waals surface area contributed by atoms with E-state index in [1.165, 1.54) is 31.9 Å². The van der Waals surface area contributed by atoms with Gasteiger partial charge in [0.15, 0.2) is 0 Å². The summed E-state index contributed by atoms with van der Waals surface area (Å²) in [5.41, 5.74) is 1.13. The van der Waals surface area contributed by atoms with Gasteiger partial charge in [0.05, 0.1) is 17.6 Å². The molecule has 1 N–H and O–H groups in total. The number of pyridine rings is 1. The molecule has 1 saturated heterocycles. The summed E-state index contributed by atoms with van der Waals surface area (Å²) >= 11 is 8.47. The minimum absolute atomic E-state index is 0.0506. The number of piperidine rings is 1. The Morgan fingerprint density at radius 3 is 2.86 bits per heavy atom. The molecule has 2 aromatic rings. The molecule has 0 spiro atoms. The number of rotatable bonds is 11. The van der Waals surface area contributed by atoms with Gasteiger partial charge >= 0.3 is 5.97 Å². The molecule has 3 atom stereocenters. The predicted molar refractivity (Wildman–Crippen MR) is 141 cm³/mol. The first kappa shape index (κ1) is 26.5. The molecular weight excluding hydrogens is 487 g/mol. The second kappa shape index (κ2) is 12.6. The van der Waals surface area contributed by atoms with E-state index >= 15 is 4.39 Å². The van der Waals surface area contributed by atoms with Crippen LogP contribution in [0.3, 0.4) is 0 Å². The molecule has 8 heteroatoms. The van der Waals surface area contributed by atoms with E-state index in [0.29, 0.717) is 40.1 Å². The van der Waals surface area contributed by atoms with Crippen LogP contribution in [-0.4, -0.2) is 58.7 Å². The molecular formula is C27H36ClFN2O3S. The van der Waals surface area contributed by atoms with Crippen LogP contribution in [0.4, 0.5) is 4.39 Å². The van der Waals surface area contributed by atoms with Crippen LogP contribution in [0.25, 0.3) is 10.9 Å². The number of carbonyl (C=O) groups is 1. The van der Waals surface area contributed by atoms with E-state index in [1.54, 1.807) is 19.2 Å². The lowest BCUT2D eigenvalue weighted by atomic mass is 9.79. The van der Waals surface area contributed by atoms with Crippen LogP contribution in [0.2, 0.25) is 5.02 Å². The maximum atomic E-state index is 15.6. The van der Waals surface area contributed by atoms with Crippen LogP contribution in [-0.2, 0) is 4.79 Å². The molecule has 1 aromatic heterocycles. The summed E-state index contributed by atoms with van der Waals surface area (Å²) in [6.07, 6.45) is 7.66. The molecule has 0 bridgehead atoms. The second-order valence-corrected chi connectivity index (χ2v) is 11.7. The third-order valence-corrected chi connectivity index (χ3v) is 9.31. The summed E-state index contributed by atoms with van der Waals surface area (Å²) in [7, 11) is 1.58. The van der Waals surface area contributed by atoms with Gasteiger partial charge in [0.2, 0.25) is 0 Å². The normalized spacial score (nSPS) is 22.5. The van der Waals surface area contributed by atoms with Crippen molar-refractivity contribution in [2.75, 3.05) is 32.5 Å². The fraction of sp³-hybridized carbons (Fsp3) is 0.630. The Balaban J connectivity index is 1.37. The van der Waals surface area contributed by atoms with Crippen molar-refractivity contribution in [3.63, 3.8) is 0 Å². The van der Waals surface area contributed by atoms with E-state index in [0.717, 1.165) is 37.1 Å². The van der Waals surface area contributed by atoms with Gasteiger partial charge in [-0.05, 0) is 68.7 Å². The topological polar surface area (TPSA) is 62.7 Å². The van der Waals surface area contributed by atoms with E-state index < -0.39 is 12.1 Å². The number of hydrogen-bond acceptors (Lipinski definition) is 5. The van der Waals surface area contributed by atoms with Crippen molar-refractivity contribution >= 4 is 40.2 Å². The van der Waals surface area contributed by atoms with Gasteiger partial charge in [-0.3, -0.25) is 9.78 Å². The number of ether oxygens (including phenoxy) is 1. The first-order valence-corrected chi connectivity index (χ1v) is 14.2. The summed E-state index contributed by atoms with van der Waals surface area (Å²) in [5.74, 6) is 1.22.